The second-order valence-electron chi connectivity index (χ2n) is 9.06. The predicted molar refractivity (Wildman–Crippen MR) is 120 cm³/mol. The van der Waals surface area contributed by atoms with Crippen LogP contribution in [-0.2, 0) is 15.0 Å². The van der Waals surface area contributed by atoms with Crippen LogP contribution >= 0.6 is 0 Å². The molecule has 1 atom stereocenters. The van der Waals surface area contributed by atoms with Crippen LogP contribution in [0.25, 0.3) is 0 Å². The molecular weight excluding hydrogens is 376 g/mol. The summed E-state index contributed by atoms with van der Waals surface area (Å²) in [5.74, 6) is 0.551. The van der Waals surface area contributed by atoms with Crippen LogP contribution in [0.2, 0.25) is 0 Å². The lowest BCUT2D eigenvalue weighted by Gasteiger charge is -2.20. The number of carbonyl (C=O) groups excluding carboxylic acids is 2. The number of nitrogens with zero attached hydrogens (tertiary/aromatic N) is 1. The maximum atomic E-state index is 13.1. The Hall–Kier alpha value is -2.82. The molecule has 1 N–H and O–H groups in total. The van der Waals surface area contributed by atoms with E-state index < -0.39 is 6.04 Å². The number of fused-ring (bicyclic) bond motifs is 1. The lowest BCUT2D eigenvalue weighted by Crippen LogP contribution is -2.37. The topological polar surface area (TPSA) is 58.6 Å². The molecule has 2 aromatic carbocycles. The third kappa shape index (κ3) is 4.50. The van der Waals surface area contributed by atoms with E-state index in [9.17, 15) is 9.59 Å². The number of aryl methyl sites for hydroxylation is 2. The first-order valence-electron chi connectivity index (χ1n) is 10.5. The minimum Gasteiger partial charge on any atom is -0.494 e. The van der Waals surface area contributed by atoms with E-state index in [2.05, 4.69) is 38.2 Å². The molecule has 1 aliphatic rings. The summed E-state index contributed by atoms with van der Waals surface area (Å²) in [7, 11) is 0. The monoisotopic (exact) mass is 408 g/mol. The Labute approximate surface area is 179 Å². The third-order valence-corrected chi connectivity index (χ3v) is 5.57. The summed E-state index contributed by atoms with van der Waals surface area (Å²) < 4.78 is 5.89. The molecule has 2 aromatic rings. The van der Waals surface area contributed by atoms with E-state index >= 15 is 0 Å². The van der Waals surface area contributed by atoms with Crippen molar-refractivity contribution in [2.24, 2.45) is 0 Å². The van der Waals surface area contributed by atoms with E-state index in [1.807, 2.05) is 38.1 Å². The number of anilines is 1. The first kappa shape index (κ1) is 21.9. The molecular formula is C25H32N2O3. The van der Waals surface area contributed by atoms with Gasteiger partial charge in [-0.15, -0.1) is 0 Å². The lowest BCUT2D eigenvalue weighted by molar-refractivity contribution is -0.126. The maximum Gasteiger partial charge on any atom is 0.254 e. The van der Waals surface area contributed by atoms with E-state index in [1.54, 1.807) is 4.90 Å². The first-order valence-corrected chi connectivity index (χ1v) is 10.5. The van der Waals surface area contributed by atoms with E-state index in [0.717, 1.165) is 28.1 Å². The Morgan fingerprint density at radius 3 is 2.30 bits per heavy atom. The molecule has 0 aromatic heterocycles. The summed E-state index contributed by atoms with van der Waals surface area (Å²) >= 11 is 0. The van der Waals surface area contributed by atoms with Gasteiger partial charge in [0.25, 0.3) is 5.91 Å². The van der Waals surface area contributed by atoms with Crippen LogP contribution in [0.4, 0.5) is 5.69 Å². The highest BCUT2D eigenvalue weighted by molar-refractivity contribution is 6.07. The van der Waals surface area contributed by atoms with Gasteiger partial charge in [0.05, 0.1) is 12.3 Å². The summed E-state index contributed by atoms with van der Waals surface area (Å²) in [6.45, 7) is 13.1. The number of hydrogen-bond donors (Lipinski definition) is 1. The number of nitrogens with one attached hydrogen (secondary N) is 1. The van der Waals surface area contributed by atoms with E-state index in [-0.39, 0.29) is 17.2 Å². The Morgan fingerprint density at radius 2 is 1.70 bits per heavy atom. The molecule has 5 heteroatoms. The summed E-state index contributed by atoms with van der Waals surface area (Å²) in [5, 5.41) is 2.82. The van der Waals surface area contributed by atoms with E-state index in [0.29, 0.717) is 19.6 Å². The average molecular weight is 409 g/mol. The van der Waals surface area contributed by atoms with Crippen LogP contribution in [0, 0.1) is 13.8 Å². The lowest BCUT2D eigenvalue weighted by atomic mass is 9.87. The highest BCUT2D eigenvalue weighted by atomic mass is 16.5. The van der Waals surface area contributed by atoms with E-state index in [4.69, 9.17) is 4.74 Å². The van der Waals surface area contributed by atoms with E-state index in [1.165, 1.54) is 12.5 Å². The molecule has 1 heterocycles. The van der Waals surface area contributed by atoms with Crippen molar-refractivity contribution < 1.29 is 14.3 Å². The van der Waals surface area contributed by atoms with Crippen molar-refractivity contribution in [1.29, 1.82) is 0 Å². The Balaban J connectivity index is 1.66. The minimum atomic E-state index is -0.608. The zero-order valence-electron chi connectivity index (χ0n) is 18.8. The molecule has 0 bridgehead atoms. The predicted octanol–water partition coefficient (Wildman–Crippen LogP) is 4.59. The highest BCUT2D eigenvalue weighted by Crippen LogP contribution is 2.40. The van der Waals surface area contributed by atoms with Crippen molar-refractivity contribution in [1.82, 2.24) is 5.32 Å². The van der Waals surface area contributed by atoms with Crippen molar-refractivity contribution in [2.45, 2.75) is 59.4 Å². The van der Waals surface area contributed by atoms with Gasteiger partial charge in [-0.2, -0.15) is 0 Å². The average Bonchev–Trinajstić information content (AvgIpc) is 2.94. The maximum absolute atomic E-state index is 13.1. The normalized spacial score (nSPS) is 15.9. The van der Waals surface area contributed by atoms with Crippen LogP contribution in [0.3, 0.4) is 0 Å². The zero-order chi connectivity index (χ0) is 22.1. The van der Waals surface area contributed by atoms with Gasteiger partial charge in [-0.05, 0) is 54.5 Å². The molecule has 0 fully saturated rings. The molecule has 0 spiro atoms. The van der Waals surface area contributed by atoms with Gasteiger partial charge in [-0.25, -0.2) is 0 Å². The number of rotatable bonds is 6. The first-order chi connectivity index (χ1) is 14.1. The fourth-order valence-electron chi connectivity index (χ4n) is 3.95. The summed E-state index contributed by atoms with van der Waals surface area (Å²) in [6.07, 6.45) is 0.701. The second-order valence-corrected chi connectivity index (χ2v) is 9.06. The molecule has 0 aliphatic carbocycles. The SMILES string of the molecule is CC(=O)N[C@@H]1C(=O)N(CCCOc2ccc(C(C)(C)C)cc2)c2c(C)ccc(C)c21. The Bertz CT molecular complexity index is 942. The Morgan fingerprint density at radius 1 is 1.07 bits per heavy atom. The van der Waals surface area contributed by atoms with Gasteiger partial charge in [0, 0.05) is 19.0 Å². The molecule has 1 aliphatic heterocycles. The van der Waals surface area contributed by atoms with Crippen molar-refractivity contribution in [3.05, 3.63) is 58.7 Å². The fraction of sp³-hybridized carbons (Fsp3) is 0.440. The van der Waals surface area contributed by atoms with Gasteiger partial charge in [-0.1, -0.05) is 45.0 Å². The minimum absolute atomic E-state index is 0.0767. The van der Waals surface area contributed by atoms with Gasteiger partial charge in [0.15, 0.2) is 0 Å². The van der Waals surface area contributed by atoms with Crippen LogP contribution in [0.15, 0.2) is 36.4 Å². The van der Waals surface area contributed by atoms with Crippen molar-refractivity contribution in [3.8, 4) is 5.75 Å². The molecule has 0 saturated carbocycles. The van der Waals surface area contributed by atoms with Gasteiger partial charge in [-0.3, -0.25) is 9.59 Å². The van der Waals surface area contributed by atoms with Crippen LogP contribution in [0.1, 0.15) is 62.4 Å². The third-order valence-electron chi connectivity index (χ3n) is 5.57. The molecule has 5 nitrogen and oxygen atoms in total. The number of benzene rings is 2. The fourth-order valence-corrected chi connectivity index (χ4v) is 3.95. The Kier molecular flexibility index (Phi) is 6.20. The number of amides is 2. The molecule has 30 heavy (non-hydrogen) atoms. The van der Waals surface area contributed by atoms with Gasteiger partial charge in [0.1, 0.15) is 11.8 Å². The van der Waals surface area contributed by atoms with Gasteiger partial charge < -0.3 is 15.0 Å². The molecule has 2 amide bonds. The largest absolute Gasteiger partial charge is 0.494 e. The molecule has 160 valence electrons. The highest BCUT2D eigenvalue weighted by Gasteiger charge is 2.39. The molecule has 3 rings (SSSR count). The van der Waals surface area contributed by atoms with Crippen LogP contribution in [0.5, 0.6) is 5.75 Å². The molecule has 0 radical (unpaired) electrons. The summed E-state index contributed by atoms with van der Waals surface area (Å²) in [6, 6.07) is 11.6. The van der Waals surface area contributed by atoms with Crippen molar-refractivity contribution >= 4 is 17.5 Å². The second kappa shape index (κ2) is 8.50. The summed E-state index contributed by atoms with van der Waals surface area (Å²) in [5.41, 5.74) is 5.27. The zero-order valence-corrected chi connectivity index (χ0v) is 18.8. The molecule has 0 unspecified atom stereocenters. The number of hydrogen-bond acceptors (Lipinski definition) is 3. The number of carbonyl (C=O) groups is 2. The smallest absolute Gasteiger partial charge is 0.254 e. The van der Waals surface area contributed by atoms with Crippen LogP contribution < -0.4 is 15.0 Å². The van der Waals surface area contributed by atoms with Crippen molar-refractivity contribution in [2.75, 3.05) is 18.1 Å². The van der Waals surface area contributed by atoms with Crippen LogP contribution in [-0.4, -0.2) is 25.0 Å². The standard InChI is InChI=1S/C25H32N2O3/c1-16-8-9-17(2)23-21(16)22(26-18(3)28)24(29)27(23)14-7-15-30-20-12-10-19(11-13-20)25(4,5)6/h8-13,22H,7,14-15H2,1-6H3,(H,26,28)/t22-/m0/s1. The quantitative estimate of drug-likeness (QED) is 0.711. The molecule has 0 saturated heterocycles. The van der Waals surface area contributed by atoms with Gasteiger partial charge >= 0.3 is 0 Å². The summed E-state index contributed by atoms with van der Waals surface area (Å²) in [4.78, 5) is 26.5. The van der Waals surface area contributed by atoms with Crippen molar-refractivity contribution in [3.63, 3.8) is 0 Å². The van der Waals surface area contributed by atoms with Gasteiger partial charge in [0.2, 0.25) is 5.91 Å². The number of ether oxygens (including phenoxy) is 1.